The Morgan fingerprint density at radius 3 is 2.80 bits per heavy atom. The fourth-order valence-electron chi connectivity index (χ4n) is 2.08. The van der Waals surface area contributed by atoms with Crippen LogP contribution in [0.15, 0.2) is 0 Å². The van der Waals surface area contributed by atoms with Crippen molar-refractivity contribution in [2.24, 2.45) is 5.41 Å². The number of hydrogen-bond donors (Lipinski definition) is 1. The van der Waals surface area contributed by atoms with Crippen LogP contribution in [0.25, 0.3) is 0 Å². The van der Waals surface area contributed by atoms with Crippen LogP contribution in [-0.4, -0.2) is 38.4 Å². The first kappa shape index (κ1) is 10.9. The summed E-state index contributed by atoms with van der Waals surface area (Å²) in [6.45, 7) is 5.11. The fourth-order valence-corrected chi connectivity index (χ4v) is 2.08. The summed E-state index contributed by atoms with van der Waals surface area (Å²) in [6.07, 6.45) is 2.59. The molecule has 1 unspecified atom stereocenters. The average molecular weight is 213 g/mol. The van der Waals surface area contributed by atoms with E-state index in [-0.39, 0.29) is 17.5 Å². The van der Waals surface area contributed by atoms with E-state index in [9.17, 15) is 4.79 Å². The molecule has 0 aromatic carbocycles. The molecule has 1 N–H and O–H groups in total. The number of piperidine rings is 1. The Hall–Kier alpha value is -0.610. The van der Waals surface area contributed by atoms with Crippen molar-refractivity contribution in [3.8, 4) is 0 Å². The van der Waals surface area contributed by atoms with Gasteiger partial charge in [-0.1, -0.05) is 0 Å². The summed E-state index contributed by atoms with van der Waals surface area (Å²) in [7, 11) is 0. The lowest BCUT2D eigenvalue weighted by Crippen LogP contribution is -2.42. The highest BCUT2D eigenvalue weighted by Gasteiger charge is 2.37. The van der Waals surface area contributed by atoms with Gasteiger partial charge in [0.05, 0.1) is 18.6 Å². The van der Waals surface area contributed by atoms with Gasteiger partial charge in [-0.15, -0.1) is 0 Å². The summed E-state index contributed by atoms with van der Waals surface area (Å²) in [6, 6.07) is 0. The summed E-state index contributed by atoms with van der Waals surface area (Å²) in [5.41, 5.74) is -0.284. The molecule has 0 aromatic rings. The minimum atomic E-state index is -0.284. The van der Waals surface area contributed by atoms with Crippen LogP contribution >= 0.6 is 0 Å². The van der Waals surface area contributed by atoms with Gasteiger partial charge < -0.3 is 14.8 Å². The van der Waals surface area contributed by atoms with Crippen molar-refractivity contribution in [3.05, 3.63) is 0 Å². The first-order valence-corrected chi connectivity index (χ1v) is 5.70. The third-order valence-corrected chi connectivity index (χ3v) is 3.36. The van der Waals surface area contributed by atoms with Crippen LogP contribution in [0.2, 0.25) is 0 Å². The molecule has 4 heteroatoms. The summed E-state index contributed by atoms with van der Waals surface area (Å²) in [5, 5.41) is 3.26. The number of ether oxygens (including phenoxy) is 2. The summed E-state index contributed by atoms with van der Waals surface area (Å²) in [4.78, 5) is 12.0. The summed E-state index contributed by atoms with van der Waals surface area (Å²) < 4.78 is 10.7. The lowest BCUT2D eigenvalue weighted by atomic mass is 9.81. The number of nitrogens with one attached hydrogen (secondary N) is 1. The molecule has 2 fully saturated rings. The Morgan fingerprint density at radius 2 is 2.20 bits per heavy atom. The molecule has 2 rings (SSSR count). The monoisotopic (exact) mass is 213 g/mol. The Balaban J connectivity index is 1.87. The van der Waals surface area contributed by atoms with E-state index in [0.717, 1.165) is 39.0 Å². The molecule has 1 atom stereocenters. The van der Waals surface area contributed by atoms with Crippen LogP contribution in [0.4, 0.5) is 0 Å². The maximum absolute atomic E-state index is 12.0. The summed E-state index contributed by atoms with van der Waals surface area (Å²) in [5.74, 6) is -0.0421. The van der Waals surface area contributed by atoms with Gasteiger partial charge in [0.25, 0.3) is 0 Å². The largest absolute Gasteiger partial charge is 0.459 e. The van der Waals surface area contributed by atoms with Gasteiger partial charge in [0.15, 0.2) is 0 Å². The molecule has 0 spiro atoms. The second-order valence-electron chi connectivity index (χ2n) is 4.70. The van der Waals surface area contributed by atoms with Gasteiger partial charge >= 0.3 is 5.97 Å². The number of hydrogen-bond acceptors (Lipinski definition) is 4. The molecule has 2 saturated heterocycles. The van der Waals surface area contributed by atoms with Crippen LogP contribution in [0.1, 0.15) is 26.2 Å². The van der Waals surface area contributed by atoms with Crippen LogP contribution in [0.5, 0.6) is 0 Å². The van der Waals surface area contributed by atoms with Crippen molar-refractivity contribution in [3.63, 3.8) is 0 Å². The van der Waals surface area contributed by atoms with E-state index in [1.54, 1.807) is 0 Å². The van der Waals surface area contributed by atoms with E-state index in [4.69, 9.17) is 9.47 Å². The van der Waals surface area contributed by atoms with Crippen molar-refractivity contribution in [2.45, 2.75) is 32.3 Å². The topological polar surface area (TPSA) is 47.6 Å². The van der Waals surface area contributed by atoms with Crippen molar-refractivity contribution in [2.75, 3.05) is 26.3 Å². The second-order valence-corrected chi connectivity index (χ2v) is 4.70. The molecular weight excluding hydrogens is 194 g/mol. The Kier molecular flexibility index (Phi) is 3.26. The van der Waals surface area contributed by atoms with E-state index < -0.39 is 0 Å². The van der Waals surface area contributed by atoms with Gasteiger partial charge in [-0.3, -0.25) is 4.79 Å². The zero-order chi connectivity index (χ0) is 10.7. The van der Waals surface area contributed by atoms with Crippen molar-refractivity contribution in [1.82, 2.24) is 5.32 Å². The molecule has 2 aliphatic rings. The molecule has 0 radical (unpaired) electrons. The molecule has 0 aliphatic carbocycles. The predicted octanol–water partition coefficient (Wildman–Crippen LogP) is 0.708. The maximum Gasteiger partial charge on any atom is 0.312 e. The SMILES string of the molecule is CC1(C(=O)OC2CCOC2)CCNCC1. The van der Waals surface area contributed by atoms with E-state index in [1.807, 2.05) is 6.92 Å². The van der Waals surface area contributed by atoms with Gasteiger partial charge in [-0.2, -0.15) is 0 Å². The zero-order valence-corrected chi connectivity index (χ0v) is 9.25. The highest BCUT2D eigenvalue weighted by molar-refractivity contribution is 5.76. The van der Waals surface area contributed by atoms with Crippen LogP contribution in [0.3, 0.4) is 0 Å². The van der Waals surface area contributed by atoms with E-state index in [0.29, 0.717) is 6.61 Å². The normalized spacial score (nSPS) is 30.1. The molecule has 2 heterocycles. The van der Waals surface area contributed by atoms with Crippen molar-refractivity contribution in [1.29, 1.82) is 0 Å². The lowest BCUT2D eigenvalue weighted by molar-refractivity contribution is -0.162. The van der Waals surface area contributed by atoms with E-state index in [1.165, 1.54) is 0 Å². The van der Waals surface area contributed by atoms with Crippen LogP contribution in [0, 0.1) is 5.41 Å². The third-order valence-electron chi connectivity index (χ3n) is 3.36. The third kappa shape index (κ3) is 2.49. The Bertz CT molecular complexity index is 230. The minimum absolute atomic E-state index is 0.00999. The van der Waals surface area contributed by atoms with Gasteiger partial charge in [-0.05, 0) is 32.9 Å². The Labute approximate surface area is 90.3 Å². The number of carbonyl (C=O) groups excluding carboxylic acids is 1. The minimum Gasteiger partial charge on any atom is -0.459 e. The lowest BCUT2D eigenvalue weighted by Gasteiger charge is -2.32. The molecule has 0 aromatic heterocycles. The maximum atomic E-state index is 12.0. The summed E-state index contributed by atoms with van der Waals surface area (Å²) >= 11 is 0. The van der Waals surface area contributed by atoms with Crippen LogP contribution in [-0.2, 0) is 14.3 Å². The molecule has 0 amide bonds. The van der Waals surface area contributed by atoms with E-state index >= 15 is 0 Å². The van der Waals surface area contributed by atoms with Crippen LogP contribution < -0.4 is 5.32 Å². The quantitative estimate of drug-likeness (QED) is 0.686. The van der Waals surface area contributed by atoms with Crippen molar-refractivity contribution < 1.29 is 14.3 Å². The number of carbonyl (C=O) groups is 1. The van der Waals surface area contributed by atoms with Gasteiger partial charge in [0.2, 0.25) is 0 Å². The molecular formula is C11H19NO3. The Morgan fingerprint density at radius 1 is 1.47 bits per heavy atom. The standard InChI is InChI=1S/C11H19NO3/c1-11(3-5-12-6-4-11)10(13)15-9-2-7-14-8-9/h9,12H,2-8H2,1H3. The highest BCUT2D eigenvalue weighted by atomic mass is 16.6. The number of esters is 1. The molecule has 86 valence electrons. The fraction of sp³-hybridized carbons (Fsp3) is 0.909. The molecule has 0 bridgehead atoms. The van der Waals surface area contributed by atoms with Gasteiger partial charge in [-0.25, -0.2) is 0 Å². The smallest absolute Gasteiger partial charge is 0.312 e. The first-order chi connectivity index (χ1) is 7.21. The van der Waals surface area contributed by atoms with Gasteiger partial charge in [0.1, 0.15) is 6.10 Å². The van der Waals surface area contributed by atoms with Crippen molar-refractivity contribution >= 4 is 5.97 Å². The van der Waals surface area contributed by atoms with E-state index in [2.05, 4.69) is 5.32 Å². The molecule has 4 nitrogen and oxygen atoms in total. The second kappa shape index (κ2) is 4.49. The molecule has 15 heavy (non-hydrogen) atoms. The molecule has 0 saturated carbocycles. The zero-order valence-electron chi connectivity index (χ0n) is 9.25. The average Bonchev–Trinajstić information content (AvgIpc) is 2.71. The first-order valence-electron chi connectivity index (χ1n) is 5.70. The number of rotatable bonds is 2. The predicted molar refractivity (Wildman–Crippen MR) is 55.5 cm³/mol. The highest BCUT2D eigenvalue weighted by Crippen LogP contribution is 2.30. The molecule has 2 aliphatic heterocycles. The van der Waals surface area contributed by atoms with Gasteiger partial charge in [0, 0.05) is 6.42 Å².